The van der Waals surface area contributed by atoms with Gasteiger partial charge in [0.05, 0.1) is 0 Å². The number of rotatable bonds is 7. The normalized spacial score (nSPS) is 13.5. The average molecular weight is 400 g/mol. The first kappa shape index (κ1) is 20.6. The Balaban J connectivity index is 2.25. The van der Waals surface area contributed by atoms with Crippen LogP contribution in [0.2, 0.25) is 5.02 Å². The molecular weight excluding hydrogens is 380 g/mol. The van der Waals surface area contributed by atoms with Crippen LogP contribution < -0.4 is 4.74 Å². The van der Waals surface area contributed by atoms with Gasteiger partial charge < -0.3 is 9.63 Å². The summed E-state index contributed by atoms with van der Waals surface area (Å²) in [6.07, 6.45) is -0.194. The van der Waals surface area contributed by atoms with Crippen LogP contribution in [0.5, 0.6) is 5.75 Å². The highest BCUT2D eigenvalue weighted by Gasteiger charge is 2.20. The maximum Gasteiger partial charge on any atom is 0.385 e. The number of benzene rings is 2. The largest absolute Gasteiger partial charge is 0.481 e. The van der Waals surface area contributed by atoms with Crippen LogP contribution in [-0.2, 0) is 11.0 Å². The van der Waals surface area contributed by atoms with Gasteiger partial charge in [-0.15, -0.1) is 4.91 Å². The first-order chi connectivity index (χ1) is 12.1. The van der Waals surface area contributed by atoms with Crippen molar-refractivity contribution in [2.75, 3.05) is 6.35 Å². The molecule has 1 unspecified atom stereocenters. The lowest BCUT2D eigenvalue weighted by molar-refractivity contribution is 0.350. The van der Waals surface area contributed by atoms with Gasteiger partial charge in [-0.05, 0) is 59.7 Å². The monoisotopic (exact) mass is 399 g/mol. The summed E-state index contributed by atoms with van der Waals surface area (Å²) < 4.78 is 30.3. The third-order valence-electron chi connectivity index (χ3n) is 3.98. The summed E-state index contributed by atoms with van der Waals surface area (Å²) in [6.45, 7) is 5.69. The van der Waals surface area contributed by atoms with E-state index >= 15 is 0 Å². The molecule has 0 bridgehead atoms. The number of nitroso groups, excluding NO2 is 1. The minimum Gasteiger partial charge on any atom is -0.481 e. The molecule has 5 nitrogen and oxygen atoms in total. The first-order valence-corrected chi connectivity index (χ1v) is 10.2. The minimum atomic E-state index is -4.19. The molecule has 140 valence electrons. The van der Waals surface area contributed by atoms with Crippen molar-refractivity contribution in [2.45, 2.75) is 33.1 Å². The first-order valence-electron chi connectivity index (χ1n) is 8.00. The molecule has 0 radical (unpaired) electrons. The summed E-state index contributed by atoms with van der Waals surface area (Å²) in [5, 5.41) is 0.419. The molecule has 0 saturated heterocycles. The smallest absolute Gasteiger partial charge is 0.385 e. The van der Waals surface area contributed by atoms with E-state index in [-0.39, 0.29) is 17.5 Å². The number of nitrogens with zero attached hydrogens (tertiary/aromatic N) is 1. The van der Waals surface area contributed by atoms with Crippen LogP contribution in [0.15, 0.2) is 35.3 Å². The van der Waals surface area contributed by atoms with Crippen molar-refractivity contribution in [3.8, 4) is 5.75 Å². The molecule has 0 spiro atoms. The minimum absolute atomic E-state index is 0.0721. The summed E-state index contributed by atoms with van der Waals surface area (Å²) in [5.41, 5.74) is 3.24. The highest BCUT2D eigenvalue weighted by atomic mass is 35.5. The molecule has 0 aliphatic rings. The summed E-state index contributed by atoms with van der Waals surface area (Å²) in [4.78, 5) is 21.6. The fourth-order valence-corrected chi connectivity index (χ4v) is 3.27. The molecule has 0 saturated carbocycles. The number of aryl methyl sites for hydroxylation is 1. The average Bonchev–Trinajstić information content (AvgIpc) is 2.57. The van der Waals surface area contributed by atoms with E-state index in [4.69, 9.17) is 21.2 Å². The Kier molecular flexibility index (Phi) is 6.56. The van der Waals surface area contributed by atoms with Crippen molar-refractivity contribution in [1.82, 2.24) is 0 Å². The van der Waals surface area contributed by atoms with E-state index in [1.54, 1.807) is 12.1 Å². The SMILES string of the molecule is Cc1cc(OCP(=O)(O)N=O)cc(Cl)c1Cc1ccc(F)c(C(C)C)c1. The predicted octanol–water partition coefficient (Wildman–Crippen LogP) is 5.79. The lowest BCUT2D eigenvalue weighted by atomic mass is 9.95. The molecule has 1 atom stereocenters. The van der Waals surface area contributed by atoms with E-state index in [1.165, 1.54) is 12.1 Å². The van der Waals surface area contributed by atoms with Crippen molar-refractivity contribution in [3.63, 3.8) is 0 Å². The Labute approximate surface area is 156 Å². The quantitative estimate of drug-likeness (QED) is 0.472. The van der Waals surface area contributed by atoms with Gasteiger partial charge in [-0.3, -0.25) is 4.57 Å². The van der Waals surface area contributed by atoms with Crippen LogP contribution in [0.25, 0.3) is 0 Å². The number of ether oxygens (including phenoxy) is 1. The van der Waals surface area contributed by atoms with Gasteiger partial charge in [0, 0.05) is 9.97 Å². The van der Waals surface area contributed by atoms with Gasteiger partial charge in [-0.1, -0.05) is 37.6 Å². The second kappa shape index (κ2) is 8.30. The van der Waals surface area contributed by atoms with E-state index in [2.05, 4.69) is 4.95 Å². The number of hydrogen-bond donors (Lipinski definition) is 1. The summed E-state index contributed by atoms with van der Waals surface area (Å²) >= 11 is 6.33. The lowest BCUT2D eigenvalue weighted by Gasteiger charge is -2.14. The zero-order valence-corrected chi connectivity index (χ0v) is 16.4. The number of halogens is 2. The molecule has 1 N–H and O–H groups in total. The fourth-order valence-electron chi connectivity index (χ4n) is 2.58. The van der Waals surface area contributed by atoms with E-state index in [1.807, 2.05) is 26.8 Å². The Hall–Kier alpha value is -1.75. The molecule has 26 heavy (non-hydrogen) atoms. The highest BCUT2D eigenvalue weighted by Crippen LogP contribution is 2.42. The molecule has 2 aromatic rings. The van der Waals surface area contributed by atoms with Crippen molar-refractivity contribution >= 4 is 19.1 Å². The lowest BCUT2D eigenvalue weighted by Crippen LogP contribution is -2.01. The Morgan fingerprint density at radius 2 is 2.00 bits per heavy atom. The molecule has 2 rings (SSSR count). The second-order valence-corrected chi connectivity index (χ2v) is 8.57. The van der Waals surface area contributed by atoms with Gasteiger partial charge in [0.2, 0.25) is 0 Å². The maximum absolute atomic E-state index is 13.9. The summed E-state index contributed by atoms with van der Waals surface area (Å²) in [5.74, 6) is 0.117. The molecular formula is C18H20ClFNO4P. The van der Waals surface area contributed by atoms with Gasteiger partial charge in [-0.2, -0.15) is 0 Å². The highest BCUT2D eigenvalue weighted by molar-refractivity contribution is 7.56. The molecule has 8 heteroatoms. The Morgan fingerprint density at radius 3 is 2.58 bits per heavy atom. The molecule has 0 aromatic heterocycles. The molecule has 0 aliphatic heterocycles. The van der Waals surface area contributed by atoms with Crippen molar-refractivity contribution < 1.29 is 18.6 Å². The Bertz CT molecular complexity index is 849. The van der Waals surface area contributed by atoms with Gasteiger partial charge in [0.1, 0.15) is 11.6 Å². The van der Waals surface area contributed by atoms with Crippen LogP contribution >= 0.6 is 19.1 Å². The zero-order valence-electron chi connectivity index (χ0n) is 14.7. The van der Waals surface area contributed by atoms with Gasteiger partial charge >= 0.3 is 7.52 Å². The van der Waals surface area contributed by atoms with Crippen molar-refractivity contribution in [3.05, 3.63) is 68.3 Å². The van der Waals surface area contributed by atoms with Crippen LogP contribution in [0.3, 0.4) is 0 Å². The Morgan fingerprint density at radius 1 is 1.31 bits per heavy atom. The van der Waals surface area contributed by atoms with E-state index < -0.39 is 13.9 Å². The molecule has 0 fully saturated rings. The maximum atomic E-state index is 13.9. The standard InChI is InChI=1S/C18H20ClFNO4P/c1-11(2)15-7-13(4-5-18(15)20)8-16-12(3)6-14(9-17(16)19)25-10-26(23,24)21-22/h4-7,9,11H,8,10H2,1-3H3,(H,23,24). The van der Waals surface area contributed by atoms with Crippen LogP contribution in [0.1, 0.15) is 42.0 Å². The van der Waals surface area contributed by atoms with E-state index in [0.29, 0.717) is 17.0 Å². The van der Waals surface area contributed by atoms with E-state index in [9.17, 15) is 13.9 Å². The van der Waals surface area contributed by atoms with Crippen LogP contribution in [0, 0.1) is 17.6 Å². The zero-order chi connectivity index (χ0) is 19.5. The van der Waals surface area contributed by atoms with Gasteiger partial charge in [-0.25, -0.2) is 4.39 Å². The fraction of sp³-hybridized carbons (Fsp3) is 0.333. The number of hydrogen-bond acceptors (Lipinski definition) is 3. The third kappa shape index (κ3) is 5.13. The predicted molar refractivity (Wildman–Crippen MR) is 101 cm³/mol. The van der Waals surface area contributed by atoms with Gasteiger partial charge in [0.25, 0.3) is 0 Å². The molecule has 0 aliphatic carbocycles. The second-order valence-electron chi connectivity index (χ2n) is 6.41. The molecule has 0 heterocycles. The van der Waals surface area contributed by atoms with Crippen molar-refractivity contribution in [1.29, 1.82) is 0 Å². The van der Waals surface area contributed by atoms with Crippen molar-refractivity contribution in [2.24, 2.45) is 4.95 Å². The molecule has 0 amide bonds. The van der Waals surface area contributed by atoms with E-state index in [0.717, 1.165) is 16.7 Å². The third-order valence-corrected chi connectivity index (χ3v) is 5.04. The van der Waals surface area contributed by atoms with Gasteiger partial charge in [0.15, 0.2) is 6.35 Å². The summed E-state index contributed by atoms with van der Waals surface area (Å²) in [6, 6.07) is 8.19. The summed E-state index contributed by atoms with van der Waals surface area (Å²) in [7, 11) is -4.19. The topological polar surface area (TPSA) is 76.0 Å². The van der Waals surface area contributed by atoms with Crippen LogP contribution in [0.4, 0.5) is 4.39 Å². The van der Waals surface area contributed by atoms with Crippen LogP contribution in [-0.4, -0.2) is 11.2 Å². The molecule has 2 aromatic carbocycles.